The third kappa shape index (κ3) is 3.12. The van der Waals surface area contributed by atoms with Crippen molar-refractivity contribution in [1.82, 2.24) is 0 Å². The maximum atomic E-state index is 6.14. The number of ether oxygens (including phenoxy) is 3. The zero-order valence-electron chi connectivity index (χ0n) is 11.7. The van der Waals surface area contributed by atoms with Gasteiger partial charge in [-0.2, -0.15) is 0 Å². The Hall–Kier alpha value is -0.580. The van der Waals surface area contributed by atoms with Crippen LogP contribution in [0.1, 0.15) is 32.3 Å². The summed E-state index contributed by atoms with van der Waals surface area (Å²) in [5.41, 5.74) is 1.06. The van der Waals surface area contributed by atoms with E-state index in [4.69, 9.17) is 14.2 Å². The van der Waals surface area contributed by atoms with Gasteiger partial charge in [-0.15, -0.1) is 0 Å². The molecule has 3 nitrogen and oxygen atoms in total. The van der Waals surface area contributed by atoms with E-state index in [1.807, 2.05) is 24.3 Å². The van der Waals surface area contributed by atoms with Gasteiger partial charge in [0, 0.05) is 17.3 Å². The molecule has 0 N–H and O–H groups in total. The topological polar surface area (TPSA) is 27.7 Å². The maximum absolute atomic E-state index is 6.14. The van der Waals surface area contributed by atoms with Crippen LogP contribution in [0.2, 0.25) is 0 Å². The number of hydrogen-bond acceptors (Lipinski definition) is 3. The molecule has 1 fully saturated rings. The lowest BCUT2D eigenvalue weighted by molar-refractivity contribution is -0.186. The fraction of sp³-hybridized carbons (Fsp3) is 0.600. The summed E-state index contributed by atoms with van der Waals surface area (Å²) in [5.74, 6) is 0.234. The Labute approximate surface area is 123 Å². The Bertz CT molecular complexity index is 394. The molecule has 4 heteroatoms. The van der Waals surface area contributed by atoms with Gasteiger partial charge in [0.05, 0.1) is 19.3 Å². The van der Waals surface area contributed by atoms with E-state index in [1.54, 1.807) is 7.11 Å². The van der Waals surface area contributed by atoms with Crippen molar-refractivity contribution in [1.29, 1.82) is 0 Å². The van der Waals surface area contributed by atoms with Crippen LogP contribution in [0.5, 0.6) is 5.75 Å². The van der Waals surface area contributed by atoms with E-state index >= 15 is 0 Å². The van der Waals surface area contributed by atoms with Crippen molar-refractivity contribution in [2.24, 2.45) is 0 Å². The molecule has 0 saturated carbocycles. The second-order valence-electron chi connectivity index (χ2n) is 4.92. The third-order valence-corrected chi connectivity index (χ3v) is 4.14. The van der Waals surface area contributed by atoms with Gasteiger partial charge in [0.1, 0.15) is 5.75 Å². The highest BCUT2D eigenvalue weighted by Gasteiger charge is 2.44. The van der Waals surface area contributed by atoms with Crippen LogP contribution < -0.4 is 4.74 Å². The molecule has 1 aliphatic heterocycles. The second-order valence-corrected chi connectivity index (χ2v) is 5.71. The van der Waals surface area contributed by atoms with Gasteiger partial charge in [-0.1, -0.05) is 15.9 Å². The highest BCUT2D eigenvalue weighted by Crippen LogP contribution is 2.41. The minimum absolute atomic E-state index is 0.109. The van der Waals surface area contributed by atoms with Gasteiger partial charge in [-0.3, -0.25) is 0 Å². The molecular weight excluding hydrogens is 308 g/mol. The smallest absolute Gasteiger partial charge is 0.195 e. The van der Waals surface area contributed by atoms with Gasteiger partial charge < -0.3 is 14.2 Å². The number of rotatable bonds is 5. The van der Waals surface area contributed by atoms with Crippen LogP contribution in [0.3, 0.4) is 0 Å². The van der Waals surface area contributed by atoms with Crippen molar-refractivity contribution in [3.63, 3.8) is 0 Å². The second kappa shape index (κ2) is 6.25. The molecule has 0 spiro atoms. The standard InChI is InChI=1S/C15H21BrO3/c1-11-12(2)19-15(18-11,9-4-10-16)13-5-7-14(17-3)8-6-13/h5-8,11-12H,4,9-10H2,1-3H3. The molecule has 106 valence electrons. The predicted octanol–water partition coefficient (Wildman–Crippen LogP) is 3.85. The van der Waals surface area contributed by atoms with Crippen LogP contribution in [0.15, 0.2) is 24.3 Å². The van der Waals surface area contributed by atoms with E-state index in [0.717, 1.165) is 29.5 Å². The summed E-state index contributed by atoms with van der Waals surface area (Å²) in [4.78, 5) is 0. The van der Waals surface area contributed by atoms with E-state index in [2.05, 4.69) is 29.8 Å². The number of methoxy groups -OCH3 is 1. The molecule has 1 aromatic rings. The Balaban J connectivity index is 2.26. The summed E-state index contributed by atoms with van der Waals surface area (Å²) >= 11 is 3.48. The van der Waals surface area contributed by atoms with Crippen LogP contribution >= 0.6 is 15.9 Å². The SMILES string of the molecule is COc1ccc(C2(CCCBr)OC(C)C(C)O2)cc1. The van der Waals surface area contributed by atoms with Gasteiger partial charge in [0.2, 0.25) is 0 Å². The van der Waals surface area contributed by atoms with E-state index in [0.29, 0.717) is 0 Å². The molecule has 0 radical (unpaired) electrons. The van der Waals surface area contributed by atoms with E-state index in [-0.39, 0.29) is 12.2 Å². The van der Waals surface area contributed by atoms with Gasteiger partial charge >= 0.3 is 0 Å². The predicted molar refractivity (Wildman–Crippen MR) is 78.8 cm³/mol. The fourth-order valence-electron chi connectivity index (χ4n) is 2.36. The van der Waals surface area contributed by atoms with Crippen LogP contribution in [0.25, 0.3) is 0 Å². The van der Waals surface area contributed by atoms with Gasteiger partial charge in [-0.05, 0) is 44.5 Å². The first-order valence-corrected chi connectivity index (χ1v) is 7.79. The average Bonchev–Trinajstić information content (AvgIpc) is 2.73. The molecule has 1 aliphatic rings. The average molecular weight is 329 g/mol. The fourth-order valence-corrected chi connectivity index (χ4v) is 2.64. The molecule has 2 rings (SSSR count). The summed E-state index contributed by atoms with van der Waals surface area (Å²) in [6.45, 7) is 4.12. The van der Waals surface area contributed by atoms with Crippen LogP contribution in [0, 0.1) is 0 Å². The third-order valence-electron chi connectivity index (χ3n) is 3.58. The van der Waals surface area contributed by atoms with E-state index < -0.39 is 5.79 Å². The molecule has 1 heterocycles. The summed E-state index contributed by atoms with van der Waals surface area (Å²) in [5, 5.41) is 0.945. The maximum Gasteiger partial charge on any atom is 0.195 e. The van der Waals surface area contributed by atoms with Gasteiger partial charge in [0.15, 0.2) is 5.79 Å². The van der Waals surface area contributed by atoms with E-state index in [9.17, 15) is 0 Å². The molecule has 0 bridgehead atoms. The van der Waals surface area contributed by atoms with Crippen molar-refractivity contribution in [3.05, 3.63) is 29.8 Å². The van der Waals surface area contributed by atoms with Crippen LogP contribution in [-0.4, -0.2) is 24.6 Å². The van der Waals surface area contributed by atoms with E-state index in [1.165, 1.54) is 0 Å². The Morgan fingerprint density at radius 3 is 2.21 bits per heavy atom. The minimum atomic E-state index is -0.612. The molecule has 0 aromatic heterocycles. The molecule has 0 aliphatic carbocycles. The number of halogens is 1. The first-order valence-electron chi connectivity index (χ1n) is 6.67. The summed E-state index contributed by atoms with van der Waals surface area (Å²) in [7, 11) is 1.67. The zero-order valence-corrected chi connectivity index (χ0v) is 13.3. The summed E-state index contributed by atoms with van der Waals surface area (Å²) < 4.78 is 17.5. The number of benzene rings is 1. The first-order chi connectivity index (χ1) is 9.11. The highest BCUT2D eigenvalue weighted by atomic mass is 79.9. The zero-order chi connectivity index (χ0) is 13.9. The minimum Gasteiger partial charge on any atom is -0.497 e. The van der Waals surface area contributed by atoms with Gasteiger partial charge in [0.25, 0.3) is 0 Å². The monoisotopic (exact) mass is 328 g/mol. The largest absolute Gasteiger partial charge is 0.497 e. The lowest BCUT2D eigenvalue weighted by Gasteiger charge is -2.28. The van der Waals surface area contributed by atoms with Crippen molar-refractivity contribution in [3.8, 4) is 5.75 Å². The lowest BCUT2D eigenvalue weighted by atomic mass is 10.0. The number of alkyl halides is 1. The molecule has 2 atom stereocenters. The Kier molecular flexibility index (Phi) is 4.87. The first kappa shape index (κ1) is 14.8. The Morgan fingerprint density at radius 1 is 1.16 bits per heavy atom. The van der Waals surface area contributed by atoms with Crippen molar-refractivity contribution < 1.29 is 14.2 Å². The van der Waals surface area contributed by atoms with Crippen molar-refractivity contribution >= 4 is 15.9 Å². The lowest BCUT2D eigenvalue weighted by Crippen LogP contribution is -2.28. The summed E-state index contributed by atoms with van der Waals surface area (Å²) in [6.07, 6.45) is 2.07. The number of hydrogen-bond donors (Lipinski definition) is 0. The molecule has 1 saturated heterocycles. The van der Waals surface area contributed by atoms with Crippen LogP contribution in [0.4, 0.5) is 0 Å². The normalized spacial score (nSPS) is 30.5. The molecule has 2 unspecified atom stereocenters. The van der Waals surface area contributed by atoms with Gasteiger partial charge in [-0.25, -0.2) is 0 Å². The Morgan fingerprint density at radius 2 is 1.74 bits per heavy atom. The molecular formula is C15H21BrO3. The molecule has 0 amide bonds. The highest BCUT2D eigenvalue weighted by molar-refractivity contribution is 9.09. The molecule has 1 aromatic carbocycles. The molecule has 19 heavy (non-hydrogen) atoms. The van der Waals surface area contributed by atoms with Crippen molar-refractivity contribution in [2.75, 3.05) is 12.4 Å². The van der Waals surface area contributed by atoms with Crippen LogP contribution in [-0.2, 0) is 15.3 Å². The quantitative estimate of drug-likeness (QED) is 0.768. The van der Waals surface area contributed by atoms with Crippen molar-refractivity contribution in [2.45, 2.75) is 44.7 Å². The summed E-state index contributed by atoms with van der Waals surface area (Å²) in [6, 6.07) is 7.95.